The molecule has 0 spiro atoms. The Kier molecular flexibility index (Phi) is 3.96. The third-order valence-electron chi connectivity index (χ3n) is 2.64. The van der Waals surface area contributed by atoms with Crippen LogP contribution < -0.4 is 11.1 Å². The van der Waals surface area contributed by atoms with Crippen LogP contribution in [-0.4, -0.2) is 33.6 Å². The third-order valence-corrected chi connectivity index (χ3v) is 2.64. The smallest absolute Gasteiger partial charge is 0.0866 e. The molecular formula is C9H17ClN4O. The van der Waals surface area contributed by atoms with Crippen LogP contribution >= 0.6 is 12.4 Å². The van der Waals surface area contributed by atoms with Gasteiger partial charge in [-0.1, -0.05) is 0 Å². The molecule has 1 aliphatic heterocycles. The number of hydrogen-bond donors (Lipinski definition) is 3. The molecule has 0 bridgehead atoms. The van der Waals surface area contributed by atoms with Gasteiger partial charge in [0.25, 0.3) is 0 Å². The molecule has 0 aliphatic carbocycles. The quantitative estimate of drug-likeness (QED) is 0.671. The molecule has 2 heterocycles. The van der Waals surface area contributed by atoms with E-state index >= 15 is 0 Å². The van der Waals surface area contributed by atoms with Crippen LogP contribution in [0, 0.1) is 0 Å². The SMILES string of the molecule is Cl.Nc1cnn(CC2(O)CCNCC2)c1. The number of nitrogens with two attached hydrogens (primary N) is 1. The van der Waals surface area contributed by atoms with Crippen molar-refractivity contribution < 1.29 is 5.11 Å². The van der Waals surface area contributed by atoms with Gasteiger partial charge in [0.2, 0.25) is 0 Å². The van der Waals surface area contributed by atoms with Crippen LogP contribution in [-0.2, 0) is 6.54 Å². The zero-order valence-corrected chi connectivity index (χ0v) is 9.33. The van der Waals surface area contributed by atoms with Crippen molar-refractivity contribution in [2.45, 2.75) is 25.0 Å². The number of nitrogen functional groups attached to an aromatic ring is 1. The van der Waals surface area contributed by atoms with E-state index in [2.05, 4.69) is 10.4 Å². The molecule has 0 atom stereocenters. The van der Waals surface area contributed by atoms with Gasteiger partial charge in [-0.05, 0) is 25.9 Å². The molecule has 86 valence electrons. The fraction of sp³-hybridized carbons (Fsp3) is 0.667. The summed E-state index contributed by atoms with van der Waals surface area (Å²) in [5, 5.41) is 17.5. The van der Waals surface area contributed by atoms with Crippen molar-refractivity contribution in [1.29, 1.82) is 0 Å². The summed E-state index contributed by atoms with van der Waals surface area (Å²) in [6, 6.07) is 0. The predicted molar refractivity (Wildman–Crippen MR) is 60.9 cm³/mol. The van der Waals surface area contributed by atoms with Crippen LogP contribution in [0.15, 0.2) is 12.4 Å². The minimum absolute atomic E-state index is 0. The Balaban J connectivity index is 0.00000112. The Morgan fingerprint density at radius 1 is 1.53 bits per heavy atom. The predicted octanol–water partition coefficient (Wildman–Crippen LogP) is 0.00160. The molecule has 15 heavy (non-hydrogen) atoms. The minimum atomic E-state index is -0.621. The molecule has 1 fully saturated rings. The average Bonchev–Trinajstić information content (AvgIpc) is 2.51. The highest BCUT2D eigenvalue weighted by Crippen LogP contribution is 2.20. The molecule has 4 N–H and O–H groups in total. The number of halogens is 1. The van der Waals surface area contributed by atoms with E-state index in [1.54, 1.807) is 17.1 Å². The summed E-state index contributed by atoms with van der Waals surface area (Å²) < 4.78 is 1.71. The van der Waals surface area contributed by atoms with Crippen molar-refractivity contribution in [1.82, 2.24) is 15.1 Å². The van der Waals surface area contributed by atoms with E-state index in [1.807, 2.05) is 0 Å². The van der Waals surface area contributed by atoms with Gasteiger partial charge in [-0.2, -0.15) is 5.10 Å². The molecule has 0 saturated carbocycles. The maximum atomic E-state index is 10.2. The molecule has 2 rings (SSSR count). The van der Waals surface area contributed by atoms with E-state index < -0.39 is 5.60 Å². The molecule has 1 aromatic rings. The fourth-order valence-electron chi connectivity index (χ4n) is 1.82. The van der Waals surface area contributed by atoms with Gasteiger partial charge in [-0.15, -0.1) is 12.4 Å². The van der Waals surface area contributed by atoms with E-state index in [0.29, 0.717) is 12.2 Å². The summed E-state index contributed by atoms with van der Waals surface area (Å²) in [7, 11) is 0. The first-order valence-electron chi connectivity index (χ1n) is 4.89. The second-order valence-electron chi connectivity index (χ2n) is 3.95. The number of rotatable bonds is 2. The standard InChI is InChI=1S/C9H16N4O.ClH/c10-8-5-12-13(6-8)7-9(14)1-3-11-4-2-9;/h5-6,11,14H,1-4,7,10H2;1H. The van der Waals surface area contributed by atoms with Crippen LogP contribution in [0.4, 0.5) is 5.69 Å². The van der Waals surface area contributed by atoms with Crippen LogP contribution in [0.1, 0.15) is 12.8 Å². The van der Waals surface area contributed by atoms with Crippen molar-refractivity contribution in [3.05, 3.63) is 12.4 Å². The van der Waals surface area contributed by atoms with Crippen molar-refractivity contribution in [3.8, 4) is 0 Å². The molecule has 0 amide bonds. The molecule has 1 aromatic heterocycles. The van der Waals surface area contributed by atoms with Crippen molar-refractivity contribution >= 4 is 18.1 Å². The molecule has 0 radical (unpaired) electrons. The summed E-state index contributed by atoms with van der Waals surface area (Å²) in [6.45, 7) is 2.27. The third kappa shape index (κ3) is 3.09. The summed E-state index contributed by atoms with van der Waals surface area (Å²) in [5.74, 6) is 0. The van der Waals surface area contributed by atoms with Crippen LogP contribution in [0.5, 0.6) is 0 Å². The fourth-order valence-corrected chi connectivity index (χ4v) is 1.82. The van der Waals surface area contributed by atoms with Crippen LogP contribution in [0.3, 0.4) is 0 Å². The highest BCUT2D eigenvalue weighted by Gasteiger charge is 2.29. The Labute approximate surface area is 95.1 Å². The highest BCUT2D eigenvalue weighted by atomic mass is 35.5. The summed E-state index contributed by atoms with van der Waals surface area (Å²) >= 11 is 0. The first kappa shape index (κ1) is 12.3. The van der Waals surface area contributed by atoms with Crippen molar-refractivity contribution in [2.75, 3.05) is 18.8 Å². The molecule has 0 unspecified atom stereocenters. The summed E-state index contributed by atoms with van der Waals surface area (Å²) in [6.07, 6.45) is 4.89. The number of nitrogens with zero attached hydrogens (tertiary/aromatic N) is 2. The van der Waals surface area contributed by atoms with Gasteiger partial charge in [0.1, 0.15) is 0 Å². The van der Waals surface area contributed by atoms with Gasteiger partial charge in [-0.3, -0.25) is 4.68 Å². The van der Waals surface area contributed by atoms with E-state index in [9.17, 15) is 5.11 Å². The maximum absolute atomic E-state index is 10.2. The Hall–Kier alpha value is -0.780. The molecule has 1 saturated heterocycles. The maximum Gasteiger partial charge on any atom is 0.0866 e. The van der Waals surface area contributed by atoms with Crippen LogP contribution in [0.2, 0.25) is 0 Å². The van der Waals surface area contributed by atoms with Gasteiger partial charge in [0, 0.05) is 6.20 Å². The van der Waals surface area contributed by atoms with Gasteiger partial charge >= 0.3 is 0 Å². The second-order valence-corrected chi connectivity index (χ2v) is 3.95. The topological polar surface area (TPSA) is 76.1 Å². The van der Waals surface area contributed by atoms with E-state index in [1.165, 1.54) is 0 Å². The number of aliphatic hydroxyl groups is 1. The zero-order chi connectivity index (χ0) is 10.0. The zero-order valence-electron chi connectivity index (χ0n) is 8.52. The highest BCUT2D eigenvalue weighted by molar-refractivity contribution is 5.85. The average molecular weight is 233 g/mol. The Morgan fingerprint density at radius 3 is 2.73 bits per heavy atom. The number of aromatic nitrogens is 2. The molecule has 0 aromatic carbocycles. The Morgan fingerprint density at radius 2 is 2.20 bits per heavy atom. The van der Waals surface area contributed by atoms with E-state index in [0.717, 1.165) is 25.9 Å². The molecule has 1 aliphatic rings. The van der Waals surface area contributed by atoms with Crippen molar-refractivity contribution in [2.24, 2.45) is 0 Å². The van der Waals surface area contributed by atoms with Gasteiger partial charge < -0.3 is 16.2 Å². The van der Waals surface area contributed by atoms with Crippen molar-refractivity contribution in [3.63, 3.8) is 0 Å². The number of hydrogen-bond acceptors (Lipinski definition) is 4. The lowest BCUT2D eigenvalue weighted by Crippen LogP contribution is -2.44. The lowest BCUT2D eigenvalue weighted by atomic mass is 9.92. The molecule has 5 nitrogen and oxygen atoms in total. The number of piperidine rings is 1. The van der Waals surface area contributed by atoms with Gasteiger partial charge in [0.05, 0.1) is 24.0 Å². The van der Waals surface area contributed by atoms with Crippen LogP contribution in [0.25, 0.3) is 0 Å². The van der Waals surface area contributed by atoms with E-state index in [4.69, 9.17) is 5.73 Å². The summed E-state index contributed by atoms with van der Waals surface area (Å²) in [4.78, 5) is 0. The molecular weight excluding hydrogens is 216 g/mol. The largest absolute Gasteiger partial charge is 0.396 e. The summed E-state index contributed by atoms with van der Waals surface area (Å²) in [5.41, 5.74) is 5.57. The lowest BCUT2D eigenvalue weighted by Gasteiger charge is -2.32. The van der Waals surface area contributed by atoms with E-state index in [-0.39, 0.29) is 12.4 Å². The number of anilines is 1. The second kappa shape index (κ2) is 4.83. The van der Waals surface area contributed by atoms with Gasteiger partial charge in [-0.25, -0.2) is 0 Å². The number of nitrogens with one attached hydrogen (secondary N) is 1. The Bertz CT molecular complexity index is 309. The first-order valence-corrected chi connectivity index (χ1v) is 4.89. The molecule has 6 heteroatoms. The lowest BCUT2D eigenvalue weighted by molar-refractivity contribution is -0.00820. The normalized spacial score (nSPS) is 19.5. The van der Waals surface area contributed by atoms with Gasteiger partial charge in [0.15, 0.2) is 0 Å². The minimum Gasteiger partial charge on any atom is -0.396 e. The monoisotopic (exact) mass is 232 g/mol. The first-order chi connectivity index (χ1) is 6.68.